The van der Waals surface area contributed by atoms with Crippen LogP contribution in [0, 0.1) is 6.92 Å². The van der Waals surface area contributed by atoms with E-state index in [0.717, 1.165) is 6.42 Å². The molecule has 0 saturated carbocycles. The first kappa shape index (κ1) is 10.3. The number of aryl methyl sites for hydroxylation is 2. The van der Waals surface area contributed by atoms with Crippen LogP contribution in [-0.2, 0) is 11.2 Å². The van der Waals surface area contributed by atoms with Crippen molar-refractivity contribution in [1.82, 2.24) is 0 Å². The minimum Gasteiger partial charge on any atom is -0.287 e. The minimum atomic E-state index is 0.265. The molecule has 0 N–H and O–H groups in total. The third-order valence-corrected chi connectivity index (χ3v) is 2.59. The Morgan fingerprint density at radius 2 is 2.23 bits per heavy atom. The average Bonchev–Trinajstić information content (AvgIpc) is 2.14. The van der Waals surface area contributed by atoms with Crippen molar-refractivity contribution in [3.8, 4) is 0 Å². The summed E-state index contributed by atoms with van der Waals surface area (Å²) in [6.45, 7) is 2.07. The zero-order valence-corrected chi connectivity index (χ0v) is 8.86. The van der Waals surface area contributed by atoms with Crippen molar-refractivity contribution in [2.45, 2.75) is 19.8 Å². The van der Waals surface area contributed by atoms with Crippen LogP contribution in [-0.4, -0.2) is 11.4 Å². The van der Waals surface area contributed by atoms with E-state index in [1.54, 1.807) is 0 Å². The summed E-state index contributed by atoms with van der Waals surface area (Å²) >= 11 is 1.31. The highest BCUT2D eigenvalue weighted by Crippen LogP contribution is 2.09. The Hall–Kier alpha value is -0.760. The van der Waals surface area contributed by atoms with Gasteiger partial charge in [0.25, 0.3) is 0 Å². The molecule has 1 aromatic rings. The molecule has 13 heavy (non-hydrogen) atoms. The van der Waals surface area contributed by atoms with Crippen LogP contribution in [0.4, 0.5) is 0 Å². The van der Waals surface area contributed by atoms with Crippen molar-refractivity contribution in [3.63, 3.8) is 0 Å². The number of carbonyl (C=O) groups is 1. The van der Waals surface area contributed by atoms with E-state index in [0.29, 0.717) is 6.42 Å². The lowest BCUT2D eigenvalue weighted by Gasteiger charge is -2.00. The van der Waals surface area contributed by atoms with Gasteiger partial charge in [-0.1, -0.05) is 41.6 Å². The first-order chi connectivity index (χ1) is 6.22. The van der Waals surface area contributed by atoms with E-state index >= 15 is 0 Å². The predicted octanol–water partition coefficient (Wildman–Crippen LogP) is 2.82. The van der Waals surface area contributed by atoms with Crippen molar-refractivity contribution in [2.75, 3.05) is 6.26 Å². The van der Waals surface area contributed by atoms with E-state index in [-0.39, 0.29) is 5.12 Å². The largest absolute Gasteiger partial charge is 0.287 e. The highest BCUT2D eigenvalue weighted by atomic mass is 32.2. The third-order valence-electron chi connectivity index (χ3n) is 1.93. The van der Waals surface area contributed by atoms with Crippen LogP contribution in [0.2, 0.25) is 0 Å². The fourth-order valence-corrected chi connectivity index (χ4v) is 1.52. The Morgan fingerprint density at radius 3 is 2.85 bits per heavy atom. The summed E-state index contributed by atoms with van der Waals surface area (Å²) in [6, 6.07) is 8.31. The molecule has 0 unspecified atom stereocenters. The lowest BCUT2D eigenvalue weighted by atomic mass is 10.1. The molecule has 0 amide bonds. The van der Waals surface area contributed by atoms with Gasteiger partial charge in [0.2, 0.25) is 0 Å². The van der Waals surface area contributed by atoms with Crippen LogP contribution in [0.3, 0.4) is 0 Å². The van der Waals surface area contributed by atoms with Crippen molar-refractivity contribution in [3.05, 3.63) is 35.4 Å². The number of hydrogen-bond acceptors (Lipinski definition) is 2. The molecule has 70 valence electrons. The number of thioether (sulfide) groups is 1. The molecule has 0 spiro atoms. The van der Waals surface area contributed by atoms with E-state index < -0.39 is 0 Å². The second kappa shape index (κ2) is 5.07. The lowest BCUT2D eigenvalue weighted by molar-refractivity contribution is -0.110. The molecule has 1 nitrogen and oxygen atoms in total. The highest BCUT2D eigenvalue weighted by Gasteiger charge is 1.99. The molecule has 0 aliphatic carbocycles. The Morgan fingerprint density at radius 1 is 1.46 bits per heavy atom. The SMILES string of the molecule is CSC(=O)CCc1cccc(C)c1. The maximum atomic E-state index is 11.0. The third kappa shape index (κ3) is 3.64. The van der Waals surface area contributed by atoms with E-state index in [2.05, 4.69) is 25.1 Å². The fraction of sp³-hybridized carbons (Fsp3) is 0.364. The van der Waals surface area contributed by atoms with Gasteiger partial charge in [0, 0.05) is 6.42 Å². The molecular weight excluding hydrogens is 180 g/mol. The van der Waals surface area contributed by atoms with E-state index in [1.165, 1.54) is 22.9 Å². The van der Waals surface area contributed by atoms with E-state index in [4.69, 9.17) is 0 Å². The molecule has 0 bridgehead atoms. The first-order valence-corrected chi connectivity index (χ1v) is 5.57. The van der Waals surface area contributed by atoms with Gasteiger partial charge in [0.1, 0.15) is 0 Å². The summed E-state index contributed by atoms with van der Waals surface area (Å²) in [7, 11) is 0. The summed E-state index contributed by atoms with van der Waals surface area (Å²) in [5.41, 5.74) is 2.51. The van der Waals surface area contributed by atoms with Crippen molar-refractivity contribution in [1.29, 1.82) is 0 Å². The van der Waals surface area contributed by atoms with Crippen LogP contribution >= 0.6 is 11.8 Å². The van der Waals surface area contributed by atoms with Crippen molar-refractivity contribution < 1.29 is 4.79 Å². The van der Waals surface area contributed by atoms with Crippen LogP contribution < -0.4 is 0 Å². The van der Waals surface area contributed by atoms with Gasteiger partial charge in [0.15, 0.2) is 5.12 Å². The van der Waals surface area contributed by atoms with Gasteiger partial charge >= 0.3 is 0 Å². The topological polar surface area (TPSA) is 17.1 Å². The molecule has 1 aromatic carbocycles. The summed E-state index contributed by atoms with van der Waals surface area (Å²) in [6.07, 6.45) is 3.34. The van der Waals surface area contributed by atoms with Gasteiger partial charge in [-0.2, -0.15) is 0 Å². The van der Waals surface area contributed by atoms with Gasteiger partial charge in [-0.05, 0) is 25.2 Å². The zero-order valence-electron chi connectivity index (χ0n) is 8.04. The minimum absolute atomic E-state index is 0.265. The van der Waals surface area contributed by atoms with Crippen molar-refractivity contribution >= 4 is 16.9 Å². The zero-order chi connectivity index (χ0) is 9.68. The number of rotatable bonds is 3. The molecule has 0 aromatic heterocycles. The molecule has 0 aliphatic rings. The Kier molecular flexibility index (Phi) is 4.03. The Bertz CT molecular complexity index is 294. The van der Waals surface area contributed by atoms with Crippen LogP contribution in [0.1, 0.15) is 17.5 Å². The summed E-state index contributed by atoms with van der Waals surface area (Å²) in [5, 5.41) is 0.265. The van der Waals surface area contributed by atoms with Crippen LogP contribution in [0.5, 0.6) is 0 Å². The predicted molar refractivity (Wildman–Crippen MR) is 58.0 cm³/mol. The molecule has 0 fully saturated rings. The second-order valence-electron chi connectivity index (χ2n) is 3.07. The summed E-state index contributed by atoms with van der Waals surface area (Å²) in [4.78, 5) is 11.0. The maximum absolute atomic E-state index is 11.0. The number of carbonyl (C=O) groups excluding carboxylic acids is 1. The standard InChI is InChI=1S/C11H14OS/c1-9-4-3-5-10(8-9)6-7-11(12)13-2/h3-5,8H,6-7H2,1-2H3. The maximum Gasteiger partial charge on any atom is 0.189 e. The van der Waals surface area contributed by atoms with Crippen LogP contribution in [0.25, 0.3) is 0 Å². The van der Waals surface area contributed by atoms with Crippen molar-refractivity contribution in [2.24, 2.45) is 0 Å². The molecule has 0 aliphatic heterocycles. The lowest BCUT2D eigenvalue weighted by Crippen LogP contribution is -1.94. The Labute approximate surface area is 83.5 Å². The molecule has 1 rings (SSSR count). The average molecular weight is 194 g/mol. The summed E-state index contributed by atoms with van der Waals surface area (Å²) in [5.74, 6) is 0. The highest BCUT2D eigenvalue weighted by molar-refractivity contribution is 8.13. The second-order valence-corrected chi connectivity index (χ2v) is 3.93. The number of hydrogen-bond donors (Lipinski definition) is 0. The molecular formula is C11H14OS. The quantitative estimate of drug-likeness (QED) is 0.736. The van der Waals surface area contributed by atoms with E-state index in [9.17, 15) is 4.79 Å². The number of benzene rings is 1. The normalized spacial score (nSPS) is 10.0. The molecule has 0 saturated heterocycles. The van der Waals surface area contributed by atoms with Gasteiger partial charge < -0.3 is 0 Å². The fourth-order valence-electron chi connectivity index (χ4n) is 1.22. The van der Waals surface area contributed by atoms with Gasteiger partial charge in [0.05, 0.1) is 0 Å². The first-order valence-electron chi connectivity index (χ1n) is 4.34. The molecule has 2 heteroatoms. The molecule has 0 atom stereocenters. The smallest absolute Gasteiger partial charge is 0.189 e. The molecule has 0 radical (unpaired) electrons. The molecule has 0 heterocycles. The van der Waals surface area contributed by atoms with Gasteiger partial charge in [-0.25, -0.2) is 0 Å². The summed E-state index contributed by atoms with van der Waals surface area (Å²) < 4.78 is 0. The Balaban J connectivity index is 2.50. The van der Waals surface area contributed by atoms with Crippen LogP contribution in [0.15, 0.2) is 24.3 Å². The van der Waals surface area contributed by atoms with E-state index in [1.807, 2.05) is 12.3 Å². The monoisotopic (exact) mass is 194 g/mol. The van der Waals surface area contributed by atoms with Gasteiger partial charge in [-0.3, -0.25) is 4.79 Å². The van der Waals surface area contributed by atoms with Gasteiger partial charge in [-0.15, -0.1) is 0 Å².